The lowest BCUT2D eigenvalue weighted by atomic mass is 10.0. The standard InChI is InChI=1S/C7H14N2O2/c10-7(11)4-6-2-1-3-8-9-5-6/h6,8-9H,1-5H2,(H,10,11). The van der Waals surface area contributed by atoms with Crippen LogP contribution in [0.4, 0.5) is 0 Å². The van der Waals surface area contributed by atoms with Gasteiger partial charge in [0.25, 0.3) is 0 Å². The Morgan fingerprint density at radius 2 is 2.36 bits per heavy atom. The number of nitrogens with one attached hydrogen (secondary N) is 2. The van der Waals surface area contributed by atoms with E-state index in [4.69, 9.17) is 5.11 Å². The van der Waals surface area contributed by atoms with E-state index in [0.717, 1.165) is 25.9 Å². The first kappa shape index (κ1) is 8.49. The summed E-state index contributed by atoms with van der Waals surface area (Å²) in [6.07, 6.45) is 2.35. The SMILES string of the molecule is O=C(O)CC1CCCNNC1. The van der Waals surface area contributed by atoms with Crippen LogP contribution in [0.25, 0.3) is 0 Å². The van der Waals surface area contributed by atoms with Gasteiger partial charge in [0.2, 0.25) is 0 Å². The summed E-state index contributed by atoms with van der Waals surface area (Å²) in [6, 6.07) is 0. The summed E-state index contributed by atoms with van der Waals surface area (Å²) in [5.74, 6) is -0.402. The van der Waals surface area contributed by atoms with E-state index in [1.165, 1.54) is 0 Å². The molecule has 0 saturated carbocycles. The molecule has 4 nitrogen and oxygen atoms in total. The van der Waals surface area contributed by atoms with Gasteiger partial charge in [-0.1, -0.05) is 0 Å². The van der Waals surface area contributed by atoms with Gasteiger partial charge < -0.3 is 5.11 Å². The maximum Gasteiger partial charge on any atom is 0.303 e. The molecule has 0 aliphatic carbocycles. The minimum Gasteiger partial charge on any atom is -0.481 e. The van der Waals surface area contributed by atoms with Crippen LogP contribution >= 0.6 is 0 Å². The molecule has 1 atom stereocenters. The molecular formula is C7H14N2O2. The Morgan fingerprint density at radius 3 is 3.09 bits per heavy atom. The van der Waals surface area contributed by atoms with E-state index in [1.807, 2.05) is 0 Å². The van der Waals surface area contributed by atoms with Gasteiger partial charge in [0, 0.05) is 19.5 Å². The van der Waals surface area contributed by atoms with Crippen LogP contribution in [0.3, 0.4) is 0 Å². The lowest BCUT2D eigenvalue weighted by Crippen LogP contribution is -2.33. The second kappa shape index (κ2) is 4.31. The van der Waals surface area contributed by atoms with Gasteiger partial charge in [-0.05, 0) is 18.8 Å². The zero-order chi connectivity index (χ0) is 8.10. The van der Waals surface area contributed by atoms with Crippen molar-refractivity contribution in [3.05, 3.63) is 0 Å². The first-order valence-electron chi connectivity index (χ1n) is 3.96. The summed E-state index contributed by atoms with van der Waals surface area (Å²) >= 11 is 0. The molecular weight excluding hydrogens is 144 g/mol. The van der Waals surface area contributed by atoms with E-state index >= 15 is 0 Å². The molecule has 1 rings (SSSR count). The monoisotopic (exact) mass is 158 g/mol. The van der Waals surface area contributed by atoms with Gasteiger partial charge >= 0.3 is 5.97 Å². The van der Waals surface area contributed by atoms with Crippen LogP contribution in [0.2, 0.25) is 0 Å². The zero-order valence-corrected chi connectivity index (χ0v) is 6.47. The number of rotatable bonds is 2. The van der Waals surface area contributed by atoms with Crippen molar-refractivity contribution >= 4 is 5.97 Å². The van der Waals surface area contributed by atoms with Gasteiger partial charge in [-0.2, -0.15) is 0 Å². The van der Waals surface area contributed by atoms with Crippen molar-refractivity contribution in [2.45, 2.75) is 19.3 Å². The highest BCUT2D eigenvalue weighted by atomic mass is 16.4. The summed E-state index contributed by atoms with van der Waals surface area (Å²) in [5, 5.41) is 8.51. The predicted octanol–water partition coefficient (Wildman–Crippen LogP) is -0.0347. The van der Waals surface area contributed by atoms with Crippen molar-refractivity contribution in [3.8, 4) is 0 Å². The molecule has 0 amide bonds. The molecule has 1 saturated heterocycles. The molecule has 0 aromatic carbocycles. The Hall–Kier alpha value is -0.610. The van der Waals surface area contributed by atoms with E-state index in [-0.39, 0.29) is 6.42 Å². The van der Waals surface area contributed by atoms with Gasteiger partial charge in [0.15, 0.2) is 0 Å². The molecule has 11 heavy (non-hydrogen) atoms. The van der Waals surface area contributed by atoms with Crippen molar-refractivity contribution in [1.29, 1.82) is 0 Å². The third-order valence-corrected chi connectivity index (χ3v) is 1.89. The Balaban J connectivity index is 2.25. The minimum absolute atomic E-state index is 0.286. The number of hydrogen-bond acceptors (Lipinski definition) is 3. The smallest absolute Gasteiger partial charge is 0.303 e. The van der Waals surface area contributed by atoms with E-state index in [1.54, 1.807) is 0 Å². The van der Waals surface area contributed by atoms with Gasteiger partial charge in [0.1, 0.15) is 0 Å². The fraction of sp³-hybridized carbons (Fsp3) is 0.857. The van der Waals surface area contributed by atoms with Gasteiger partial charge in [-0.25, -0.2) is 0 Å². The van der Waals surface area contributed by atoms with Crippen molar-refractivity contribution in [1.82, 2.24) is 10.9 Å². The maximum absolute atomic E-state index is 10.3. The molecule has 1 unspecified atom stereocenters. The number of carboxylic acid groups (broad SMARTS) is 1. The van der Waals surface area contributed by atoms with Gasteiger partial charge in [-0.3, -0.25) is 15.6 Å². The largest absolute Gasteiger partial charge is 0.481 e. The van der Waals surface area contributed by atoms with E-state index in [0.29, 0.717) is 5.92 Å². The molecule has 0 aromatic rings. The molecule has 0 spiro atoms. The van der Waals surface area contributed by atoms with Gasteiger partial charge in [0.05, 0.1) is 0 Å². The number of aliphatic carboxylic acids is 1. The average molecular weight is 158 g/mol. The summed E-state index contributed by atoms with van der Waals surface area (Å²) in [4.78, 5) is 10.3. The molecule has 1 heterocycles. The van der Waals surface area contributed by atoms with Crippen LogP contribution in [-0.4, -0.2) is 24.2 Å². The number of carboxylic acids is 1. The maximum atomic E-state index is 10.3. The number of hydrogen-bond donors (Lipinski definition) is 3. The highest BCUT2D eigenvalue weighted by molar-refractivity contribution is 5.67. The number of hydrazine groups is 1. The fourth-order valence-corrected chi connectivity index (χ4v) is 1.31. The Labute approximate surface area is 65.9 Å². The highest BCUT2D eigenvalue weighted by Crippen LogP contribution is 2.11. The topological polar surface area (TPSA) is 61.4 Å². The Kier molecular flexibility index (Phi) is 3.32. The molecule has 0 aromatic heterocycles. The molecule has 0 radical (unpaired) electrons. The molecule has 1 aliphatic heterocycles. The first-order chi connectivity index (χ1) is 5.29. The van der Waals surface area contributed by atoms with Crippen molar-refractivity contribution in [2.24, 2.45) is 5.92 Å². The number of carbonyl (C=O) groups is 1. The van der Waals surface area contributed by atoms with E-state index < -0.39 is 5.97 Å². The minimum atomic E-state index is -0.696. The molecule has 0 bridgehead atoms. The second-order valence-corrected chi connectivity index (χ2v) is 2.91. The molecule has 4 heteroatoms. The average Bonchev–Trinajstić information content (AvgIpc) is 2.14. The van der Waals surface area contributed by atoms with Crippen LogP contribution in [0.1, 0.15) is 19.3 Å². The van der Waals surface area contributed by atoms with Crippen molar-refractivity contribution < 1.29 is 9.90 Å². The quantitative estimate of drug-likeness (QED) is 0.528. The van der Waals surface area contributed by atoms with E-state index in [2.05, 4.69) is 10.9 Å². The normalized spacial score (nSPS) is 26.0. The van der Waals surface area contributed by atoms with Crippen molar-refractivity contribution in [3.63, 3.8) is 0 Å². The highest BCUT2D eigenvalue weighted by Gasteiger charge is 2.14. The van der Waals surface area contributed by atoms with Gasteiger partial charge in [-0.15, -0.1) is 0 Å². The lowest BCUT2D eigenvalue weighted by Gasteiger charge is -2.09. The summed E-state index contributed by atoms with van der Waals surface area (Å²) < 4.78 is 0. The van der Waals surface area contributed by atoms with Crippen LogP contribution in [0, 0.1) is 5.92 Å². The lowest BCUT2D eigenvalue weighted by molar-refractivity contribution is -0.138. The van der Waals surface area contributed by atoms with Crippen LogP contribution in [0.5, 0.6) is 0 Å². The summed E-state index contributed by atoms with van der Waals surface area (Å²) in [6.45, 7) is 1.71. The zero-order valence-electron chi connectivity index (χ0n) is 6.47. The Morgan fingerprint density at radius 1 is 1.55 bits per heavy atom. The Bertz CT molecular complexity index is 130. The van der Waals surface area contributed by atoms with Crippen LogP contribution < -0.4 is 10.9 Å². The predicted molar refractivity (Wildman–Crippen MR) is 41.0 cm³/mol. The molecule has 1 aliphatic rings. The second-order valence-electron chi connectivity index (χ2n) is 2.91. The molecule has 1 fully saturated rings. The third kappa shape index (κ3) is 3.34. The van der Waals surface area contributed by atoms with Crippen LogP contribution in [0.15, 0.2) is 0 Å². The summed E-state index contributed by atoms with van der Waals surface area (Å²) in [7, 11) is 0. The summed E-state index contributed by atoms with van der Waals surface area (Å²) in [5.41, 5.74) is 6.00. The fourth-order valence-electron chi connectivity index (χ4n) is 1.31. The first-order valence-corrected chi connectivity index (χ1v) is 3.96. The van der Waals surface area contributed by atoms with Crippen LogP contribution in [-0.2, 0) is 4.79 Å². The van der Waals surface area contributed by atoms with E-state index in [9.17, 15) is 4.79 Å². The van der Waals surface area contributed by atoms with Crippen molar-refractivity contribution in [2.75, 3.05) is 13.1 Å². The third-order valence-electron chi connectivity index (χ3n) is 1.89. The molecule has 3 N–H and O–H groups in total. The molecule has 64 valence electrons.